The summed E-state index contributed by atoms with van der Waals surface area (Å²) in [6.45, 7) is 0.713. The average molecular weight is 438 g/mol. The lowest BCUT2D eigenvalue weighted by Crippen LogP contribution is -2.67. The summed E-state index contributed by atoms with van der Waals surface area (Å²) < 4.78 is 31.3. The van der Waals surface area contributed by atoms with Gasteiger partial charge in [-0.1, -0.05) is 12.1 Å². The molecule has 0 spiro atoms. The Hall–Kier alpha value is -2.13. The highest BCUT2D eigenvalue weighted by molar-refractivity contribution is 7.89. The first kappa shape index (κ1) is 22.6. The lowest BCUT2D eigenvalue weighted by molar-refractivity contribution is -0.152. The highest BCUT2D eigenvalue weighted by Gasteiger charge is 2.57. The molecular weight excluding hydrogens is 406 g/mol. The first-order valence-electron chi connectivity index (χ1n) is 10.2. The van der Waals surface area contributed by atoms with E-state index in [4.69, 9.17) is 4.74 Å². The second kappa shape index (κ2) is 8.55. The van der Waals surface area contributed by atoms with Gasteiger partial charge in [-0.05, 0) is 37.0 Å². The molecule has 3 rings (SSSR count). The van der Waals surface area contributed by atoms with Gasteiger partial charge in [0.1, 0.15) is 5.75 Å². The first-order valence-corrected chi connectivity index (χ1v) is 11.8. The van der Waals surface area contributed by atoms with E-state index in [9.17, 15) is 18.0 Å². The molecule has 0 N–H and O–H groups in total. The van der Waals surface area contributed by atoms with Crippen LogP contribution in [-0.4, -0.2) is 87.5 Å². The Morgan fingerprint density at radius 2 is 1.90 bits per heavy atom. The van der Waals surface area contributed by atoms with Crippen LogP contribution in [0.15, 0.2) is 24.3 Å². The van der Waals surface area contributed by atoms with E-state index in [1.54, 1.807) is 33.2 Å². The van der Waals surface area contributed by atoms with E-state index in [-0.39, 0.29) is 30.5 Å². The number of likely N-dealkylation sites (tertiary alicyclic amines) is 1. The highest BCUT2D eigenvalue weighted by atomic mass is 32.2. The van der Waals surface area contributed by atoms with Crippen LogP contribution in [-0.2, 0) is 26.0 Å². The Labute approximate surface area is 178 Å². The predicted octanol–water partition coefficient (Wildman–Crippen LogP) is 0.969. The number of methoxy groups -OCH3 is 1. The molecule has 2 aliphatic heterocycles. The van der Waals surface area contributed by atoms with E-state index in [2.05, 4.69) is 0 Å². The molecule has 0 aromatic heterocycles. The number of carbonyl (C=O) groups is 2. The molecular formula is C21H31N3O5S. The summed E-state index contributed by atoms with van der Waals surface area (Å²) in [6, 6.07) is 7.20. The minimum atomic E-state index is -3.37. The van der Waals surface area contributed by atoms with Crippen molar-refractivity contribution in [1.82, 2.24) is 14.1 Å². The lowest BCUT2D eigenvalue weighted by atomic mass is 9.72. The molecule has 0 unspecified atom stereocenters. The van der Waals surface area contributed by atoms with E-state index in [0.717, 1.165) is 11.3 Å². The molecule has 0 bridgehead atoms. The third kappa shape index (κ3) is 4.18. The molecule has 2 fully saturated rings. The number of carbonyl (C=O) groups excluding carboxylic acids is 2. The zero-order valence-corrected chi connectivity index (χ0v) is 18.9. The summed E-state index contributed by atoms with van der Waals surface area (Å²) in [5, 5.41) is 0. The van der Waals surface area contributed by atoms with Gasteiger partial charge >= 0.3 is 0 Å². The minimum Gasteiger partial charge on any atom is -0.497 e. The molecule has 2 heterocycles. The smallest absolute Gasteiger partial charge is 0.231 e. The maximum Gasteiger partial charge on any atom is 0.231 e. The topological polar surface area (TPSA) is 87.2 Å². The maximum absolute atomic E-state index is 13.2. The Morgan fingerprint density at radius 1 is 1.23 bits per heavy atom. The van der Waals surface area contributed by atoms with Crippen LogP contribution in [0.25, 0.3) is 0 Å². The van der Waals surface area contributed by atoms with Crippen molar-refractivity contribution < 1.29 is 22.7 Å². The standard InChI is InChI=1S/C21H31N3O5S/c1-22(2)20(26)21-12-14-30(27,28)23(3)18(21)11-13-24(15-21)19(25)10-7-16-5-8-17(29-4)9-6-16/h5-6,8-9,18H,7,10-15H2,1-4H3/t18-,21+/m1/s1. The van der Waals surface area contributed by atoms with Gasteiger partial charge in [0.2, 0.25) is 21.8 Å². The second-order valence-electron chi connectivity index (χ2n) is 8.41. The summed E-state index contributed by atoms with van der Waals surface area (Å²) in [5.41, 5.74) is 0.152. The third-order valence-corrected chi connectivity index (χ3v) is 8.29. The normalized spacial score (nSPS) is 26.0. The number of nitrogens with zero attached hydrogens (tertiary/aromatic N) is 3. The molecule has 2 amide bonds. The highest BCUT2D eigenvalue weighted by Crippen LogP contribution is 2.43. The molecule has 166 valence electrons. The number of rotatable bonds is 5. The fourth-order valence-corrected chi connectivity index (χ4v) is 6.29. The van der Waals surface area contributed by atoms with Gasteiger partial charge in [0.05, 0.1) is 18.3 Å². The van der Waals surface area contributed by atoms with E-state index in [1.807, 2.05) is 24.3 Å². The van der Waals surface area contributed by atoms with E-state index in [0.29, 0.717) is 25.8 Å². The molecule has 2 saturated heterocycles. The number of amides is 2. The van der Waals surface area contributed by atoms with Crippen molar-refractivity contribution >= 4 is 21.8 Å². The number of ether oxygens (including phenoxy) is 1. The fourth-order valence-electron chi connectivity index (χ4n) is 4.68. The zero-order valence-electron chi connectivity index (χ0n) is 18.1. The van der Waals surface area contributed by atoms with Crippen LogP contribution in [0, 0.1) is 5.41 Å². The van der Waals surface area contributed by atoms with Crippen LogP contribution >= 0.6 is 0 Å². The average Bonchev–Trinajstić information content (AvgIpc) is 2.74. The summed E-state index contributed by atoms with van der Waals surface area (Å²) >= 11 is 0. The number of hydrogen-bond acceptors (Lipinski definition) is 5. The first-order chi connectivity index (χ1) is 14.1. The summed E-state index contributed by atoms with van der Waals surface area (Å²) in [5.74, 6) is 0.578. The van der Waals surface area contributed by atoms with Crippen LogP contribution in [0.2, 0.25) is 0 Å². The Kier molecular flexibility index (Phi) is 6.43. The van der Waals surface area contributed by atoms with Crippen LogP contribution in [0.3, 0.4) is 0 Å². The molecule has 0 saturated carbocycles. The van der Waals surface area contributed by atoms with E-state index < -0.39 is 21.5 Å². The van der Waals surface area contributed by atoms with Crippen molar-refractivity contribution in [2.75, 3.05) is 47.1 Å². The second-order valence-corrected chi connectivity index (χ2v) is 10.6. The van der Waals surface area contributed by atoms with Gasteiger partial charge in [-0.15, -0.1) is 0 Å². The lowest BCUT2D eigenvalue weighted by Gasteiger charge is -2.53. The van der Waals surface area contributed by atoms with Crippen molar-refractivity contribution in [2.24, 2.45) is 5.41 Å². The van der Waals surface area contributed by atoms with Crippen molar-refractivity contribution in [3.63, 3.8) is 0 Å². The minimum absolute atomic E-state index is 0.00807. The van der Waals surface area contributed by atoms with Gasteiger partial charge in [0.15, 0.2) is 0 Å². The number of aryl methyl sites for hydroxylation is 1. The third-order valence-electron chi connectivity index (χ3n) is 6.44. The number of piperidine rings is 1. The Bertz CT molecular complexity index is 900. The number of hydrogen-bond donors (Lipinski definition) is 0. The van der Waals surface area contributed by atoms with Crippen LogP contribution in [0.4, 0.5) is 0 Å². The molecule has 2 atom stereocenters. The Morgan fingerprint density at radius 3 is 2.50 bits per heavy atom. The van der Waals surface area contributed by atoms with E-state index in [1.165, 1.54) is 9.21 Å². The number of benzene rings is 1. The van der Waals surface area contributed by atoms with Gasteiger partial charge in [0.25, 0.3) is 0 Å². The van der Waals surface area contributed by atoms with Gasteiger partial charge in [0, 0.05) is 46.7 Å². The molecule has 30 heavy (non-hydrogen) atoms. The summed E-state index contributed by atoms with van der Waals surface area (Å²) in [4.78, 5) is 29.4. The maximum atomic E-state index is 13.2. The van der Waals surface area contributed by atoms with Crippen LogP contribution in [0.1, 0.15) is 24.8 Å². The summed E-state index contributed by atoms with van der Waals surface area (Å²) in [7, 11) is 3.16. The molecule has 0 aliphatic carbocycles. The SMILES string of the molecule is COc1ccc(CCC(=O)N2CC[C@H]3N(C)S(=O)(=O)CC[C@]3(C(=O)N(C)C)C2)cc1. The van der Waals surface area contributed by atoms with Crippen molar-refractivity contribution in [3.05, 3.63) is 29.8 Å². The monoisotopic (exact) mass is 437 g/mol. The number of fused-ring (bicyclic) bond motifs is 1. The van der Waals surface area contributed by atoms with Crippen molar-refractivity contribution in [3.8, 4) is 5.75 Å². The predicted molar refractivity (Wildman–Crippen MR) is 114 cm³/mol. The Balaban J connectivity index is 1.75. The van der Waals surface area contributed by atoms with Crippen molar-refractivity contribution in [2.45, 2.75) is 31.7 Å². The van der Waals surface area contributed by atoms with Crippen molar-refractivity contribution in [1.29, 1.82) is 0 Å². The molecule has 0 radical (unpaired) electrons. The van der Waals surface area contributed by atoms with Gasteiger partial charge < -0.3 is 14.5 Å². The largest absolute Gasteiger partial charge is 0.497 e. The van der Waals surface area contributed by atoms with Gasteiger partial charge in [-0.25, -0.2) is 12.7 Å². The molecule has 2 aliphatic rings. The van der Waals surface area contributed by atoms with Gasteiger partial charge in [-0.2, -0.15) is 0 Å². The quantitative estimate of drug-likeness (QED) is 0.685. The molecule has 8 nitrogen and oxygen atoms in total. The van der Waals surface area contributed by atoms with Crippen LogP contribution in [0.5, 0.6) is 5.75 Å². The zero-order chi connectivity index (χ0) is 22.1. The van der Waals surface area contributed by atoms with Crippen LogP contribution < -0.4 is 4.74 Å². The number of sulfonamides is 1. The molecule has 9 heteroatoms. The van der Waals surface area contributed by atoms with Gasteiger partial charge in [-0.3, -0.25) is 9.59 Å². The summed E-state index contributed by atoms with van der Waals surface area (Å²) in [6.07, 6.45) is 1.65. The fraction of sp³-hybridized carbons (Fsp3) is 0.619. The molecule has 1 aromatic rings. The molecule has 1 aromatic carbocycles. The van der Waals surface area contributed by atoms with E-state index >= 15 is 0 Å².